The third-order valence-electron chi connectivity index (χ3n) is 14.8. The Kier molecular flexibility index (Phi) is 38.7. The number of rotatable bonds is 47. The van der Waals surface area contributed by atoms with Crippen LogP contribution in [0.4, 0.5) is 0 Å². The van der Waals surface area contributed by atoms with E-state index in [-0.39, 0.29) is 42.2 Å². The van der Waals surface area contributed by atoms with Crippen LogP contribution in [-0.2, 0) is 38.1 Å². The molecule has 10 nitrogen and oxygen atoms in total. The topological polar surface area (TPSA) is 112 Å². The quantitative estimate of drug-likeness (QED) is 0.0332. The van der Waals surface area contributed by atoms with Crippen molar-refractivity contribution in [2.45, 2.75) is 311 Å². The van der Waals surface area contributed by atoms with Gasteiger partial charge in [0.1, 0.15) is 24.4 Å². The Balaban J connectivity index is 2.63. The first-order valence-corrected chi connectivity index (χ1v) is 29.8. The number of hydrogen-bond acceptors (Lipinski definition) is 10. The minimum absolute atomic E-state index is 0.0227. The van der Waals surface area contributed by atoms with Crippen LogP contribution in [0.1, 0.15) is 287 Å². The lowest BCUT2D eigenvalue weighted by Crippen LogP contribution is -2.38. The summed E-state index contributed by atoms with van der Waals surface area (Å²) in [5.74, 6) is -0.584. The average molecular weight is 992 g/mol. The number of carbonyl (C=O) groups excluding carboxylic acids is 4. The summed E-state index contributed by atoms with van der Waals surface area (Å²) in [6.45, 7) is 19.3. The number of nitrogens with zero attached hydrogens (tertiary/aromatic N) is 2. The smallest absolute Gasteiger partial charge is 0.323 e. The Morgan fingerprint density at radius 1 is 0.529 bits per heavy atom. The molecule has 0 aliphatic carbocycles. The van der Waals surface area contributed by atoms with Crippen LogP contribution in [0.2, 0.25) is 0 Å². The summed E-state index contributed by atoms with van der Waals surface area (Å²) >= 11 is 0. The van der Waals surface area contributed by atoms with Crippen molar-refractivity contribution >= 4 is 23.9 Å². The molecule has 1 aliphatic heterocycles. The minimum atomic E-state index is -0.526. The second-order valence-electron chi connectivity index (χ2n) is 23.0. The van der Waals surface area contributed by atoms with Gasteiger partial charge in [0.2, 0.25) is 0 Å². The second kappa shape index (κ2) is 41.2. The highest BCUT2D eigenvalue weighted by Gasteiger charge is 2.39. The van der Waals surface area contributed by atoms with Crippen molar-refractivity contribution in [1.82, 2.24) is 9.80 Å². The lowest BCUT2D eigenvalue weighted by molar-refractivity contribution is -0.161. The second-order valence-corrected chi connectivity index (χ2v) is 23.0. The van der Waals surface area contributed by atoms with E-state index in [9.17, 15) is 19.2 Å². The third-order valence-corrected chi connectivity index (χ3v) is 14.8. The van der Waals surface area contributed by atoms with E-state index in [2.05, 4.69) is 32.6 Å². The molecule has 0 N–H and O–H groups in total. The Bertz CT molecular complexity index is 1320. The molecule has 0 saturated carbocycles. The van der Waals surface area contributed by atoms with Crippen LogP contribution in [0.3, 0.4) is 0 Å². The first-order valence-electron chi connectivity index (χ1n) is 29.8. The molecular weight excluding hydrogens is 877 g/mol. The van der Waals surface area contributed by atoms with E-state index in [1.807, 2.05) is 46.7 Å². The first-order chi connectivity index (χ1) is 33.6. The molecule has 1 rings (SSSR count). The Morgan fingerprint density at radius 3 is 1.36 bits per heavy atom. The first kappa shape index (κ1) is 65.8. The zero-order valence-corrected chi connectivity index (χ0v) is 47.8. The highest BCUT2D eigenvalue weighted by atomic mass is 16.6. The molecule has 0 amide bonds. The fraction of sp³-hybridized carbons (Fsp3) is 0.933. The normalized spacial score (nSPS) is 16.4. The van der Waals surface area contributed by atoms with Crippen LogP contribution in [0.15, 0.2) is 0 Å². The van der Waals surface area contributed by atoms with Crippen LogP contribution >= 0.6 is 0 Å². The number of ether oxygens (including phenoxy) is 4. The molecule has 412 valence electrons. The summed E-state index contributed by atoms with van der Waals surface area (Å²) in [4.78, 5) is 57.3. The van der Waals surface area contributed by atoms with Crippen molar-refractivity contribution in [2.75, 3.05) is 40.3 Å². The monoisotopic (exact) mass is 991 g/mol. The van der Waals surface area contributed by atoms with Crippen molar-refractivity contribution in [3.05, 3.63) is 0 Å². The molecule has 0 aromatic rings. The van der Waals surface area contributed by atoms with E-state index in [0.29, 0.717) is 32.5 Å². The largest absolute Gasteiger partial charge is 0.465 e. The number of unbranched alkanes of at least 4 members (excludes halogenated alkanes) is 22. The van der Waals surface area contributed by atoms with Crippen molar-refractivity contribution in [2.24, 2.45) is 10.8 Å². The van der Waals surface area contributed by atoms with E-state index in [1.165, 1.54) is 103 Å². The summed E-state index contributed by atoms with van der Waals surface area (Å²) in [5.41, 5.74) is -1.05. The van der Waals surface area contributed by atoms with Crippen LogP contribution in [0.25, 0.3) is 0 Å². The van der Waals surface area contributed by atoms with Crippen LogP contribution in [0.5, 0.6) is 0 Å². The molecule has 0 spiro atoms. The number of likely N-dealkylation sites (tertiary alicyclic amines) is 1. The fourth-order valence-electron chi connectivity index (χ4n) is 9.78. The maximum atomic E-state index is 13.6. The van der Waals surface area contributed by atoms with Gasteiger partial charge in [-0.05, 0) is 125 Å². The zero-order valence-electron chi connectivity index (χ0n) is 47.8. The van der Waals surface area contributed by atoms with Crippen molar-refractivity contribution in [3.63, 3.8) is 0 Å². The van der Waals surface area contributed by atoms with Gasteiger partial charge in [0.05, 0.1) is 23.9 Å². The molecule has 0 aromatic carbocycles. The van der Waals surface area contributed by atoms with Gasteiger partial charge in [0, 0.05) is 19.5 Å². The molecule has 0 aromatic heterocycles. The fourth-order valence-corrected chi connectivity index (χ4v) is 9.78. The van der Waals surface area contributed by atoms with Gasteiger partial charge < -0.3 is 23.8 Å². The van der Waals surface area contributed by atoms with Crippen LogP contribution in [-0.4, -0.2) is 98.4 Å². The standard InChI is InChI=1S/C60H114N2O8/c1-11-15-19-23-25-33-41-51(39-31-21-17-13-3)69-57(65)59(5,6)44-35-27-29-37-46-62-50-53(68-55(63)43-47-61(9)10)49-54(62)56(64)67-48-38-30-28-36-45-60(7,8)58(66)70-52(40-32-22-18-14-4)42-34-26-24-20-16-12-2/h51-54H,11-50H2,1-10H3/t51?,52?,53-,54-/m0/s1. The van der Waals surface area contributed by atoms with Gasteiger partial charge in [-0.3, -0.25) is 24.1 Å². The molecule has 4 atom stereocenters. The van der Waals surface area contributed by atoms with Gasteiger partial charge in [-0.1, -0.05) is 169 Å². The molecule has 1 aliphatic rings. The molecule has 1 saturated heterocycles. The van der Waals surface area contributed by atoms with Crippen LogP contribution < -0.4 is 0 Å². The van der Waals surface area contributed by atoms with E-state index in [1.54, 1.807) is 0 Å². The lowest BCUT2D eigenvalue weighted by Gasteiger charge is -2.27. The maximum absolute atomic E-state index is 13.6. The molecule has 0 bridgehead atoms. The lowest BCUT2D eigenvalue weighted by atomic mass is 9.86. The zero-order chi connectivity index (χ0) is 51.9. The molecule has 1 heterocycles. The van der Waals surface area contributed by atoms with Crippen molar-refractivity contribution in [1.29, 1.82) is 0 Å². The predicted octanol–water partition coefficient (Wildman–Crippen LogP) is 15.7. The average Bonchev–Trinajstić information content (AvgIpc) is 3.72. The van der Waals surface area contributed by atoms with E-state index in [4.69, 9.17) is 18.9 Å². The van der Waals surface area contributed by atoms with Gasteiger partial charge in [-0.25, -0.2) is 0 Å². The summed E-state index contributed by atoms with van der Waals surface area (Å²) in [5, 5.41) is 0. The molecule has 1 fully saturated rings. The van der Waals surface area contributed by atoms with Crippen molar-refractivity contribution in [3.8, 4) is 0 Å². The highest BCUT2D eigenvalue weighted by Crippen LogP contribution is 2.31. The van der Waals surface area contributed by atoms with Gasteiger partial charge in [0.25, 0.3) is 0 Å². The summed E-state index contributed by atoms with van der Waals surface area (Å²) in [6, 6.07) is -0.435. The molecule has 2 unspecified atom stereocenters. The Hall–Kier alpha value is -2.20. The summed E-state index contributed by atoms with van der Waals surface area (Å²) in [7, 11) is 3.88. The summed E-state index contributed by atoms with van der Waals surface area (Å²) < 4.78 is 24.2. The highest BCUT2D eigenvalue weighted by molar-refractivity contribution is 5.77. The van der Waals surface area contributed by atoms with Gasteiger partial charge >= 0.3 is 23.9 Å². The minimum Gasteiger partial charge on any atom is -0.465 e. The predicted molar refractivity (Wildman–Crippen MR) is 291 cm³/mol. The van der Waals surface area contributed by atoms with Gasteiger partial charge in [0.15, 0.2) is 0 Å². The molecule has 70 heavy (non-hydrogen) atoms. The van der Waals surface area contributed by atoms with E-state index in [0.717, 1.165) is 122 Å². The number of hydrogen-bond donors (Lipinski definition) is 0. The van der Waals surface area contributed by atoms with Gasteiger partial charge in [-0.15, -0.1) is 0 Å². The molecule has 10 heteroatoms. The van der Waals surface area contributed by atoms with E-state index < -0.39 is 16.9 Å². The number of esters is 4. The SMILES string of the molecule is CCCCCCCCC(CCCCCC)OC(=O)C(C)(C)CCCCCCOC(=O)[C@@H]1C[C@H](OC(=O)CCN(C)C)CN1CCCCCCC(C)(C)C(=O)OC(CCCCCC)CCCCCCCC. The number of carbonyl (C=O) groups is 4. The molecular formula is C60H114N2O8. The van der Waals surface area contributed by atoms with Gasteiger partial charge in [-0.2, -0.15) is 0 Å². The van der Waals surface area contributed by atoms with Crippen LogP contribution in [0, 0.1) is 10.8 Å². The third kappa shape index (κ3) is 32.8. The van der Waals surface area contributed by atoms with Crippen molar-refractivity contribution < 1.29 is 38.1 Å². The Morgan fingerprint density at radius 2 is 0.914 bits per heavy atom. The molecule has 0 radical (unpaired) electrons. The Labute approximate surface area is 432 Å². The maximum Gasteiger partial charge on any atom is 0.323 e. The summed E-state index contributed by atoms with van der Waals surface area (Å²) in [6.07, 6.45) is 37.8. The van der Waals surface area contributed by atoms with E-state index >= 15 is 0 Å².